The largest absolute Gasteiger partial charge is 0.495 e. The Morgan fingerprint density at radius 3 is 2.68 bits per heavy atom. The maximum atomic E-state index is 13.3. The van der Waals surface area contributed by atoms with E-state index in [9.17, 15) is 9.59 Å². The molecule has 1 atom stereocenters. The first-order valence-electron chi connectivity index (χ1n) is 9.63. The zero-order chi connectivity index (χ0) is 22.0. The first-order valence-corrected chi connectivity index (χ1v) is 10.0. The molecule has 2 heterocycles. The molecule has 31 heavy (non-hydrogen) atoms. The second-order valence-corrected chi connectivity index (χ2v) is 7.44. The number of benzene rings is 2. The summed E-state index contributed by atoms with van der Waals surface area (Å²) in [5.41, 5.74) is 3.36. The summed E-state index contributed by atoms with van der Waals surface area (Å²) in [5.74, 6) is -0.0714. The van der Waals surface area contributed by atoms with Gasteiger partial charge in [-0.2, -0.15) is 0 Å². The first-order chi connectivity index (χ1) is 15.0. The number of fused-ring (bicyclic) bond motifs is 1. The lowest BCUT2D eigenvalue weighted by Crippen LogP contribution is -2.43. The van der Waals surface area contributed by atoms with Crippen LogP contribution in [0.4, 0.5) is 10.5 Å². The zero-order valence-corrected chi connectivity index (χ0v) is 17.8. The average molecular weight is 441 g/mol. The molecule has 8 nitrogen and oxygen atoms in total. The molecule has 1 aliphatic heterocycles. The molecule has 1 aliphatic rings. The minimum Gasteiger partial charge on any atom is -0.495 e. The van der Waals surface area contributed by atoms with Gasteiger partial charge in [-0.05, 0) is 35.9 Å². The number of anilines is 1. The van der Waals surface area contributed by atoms with E-state index in [1.165, 1.54) is 20.3 Å². The summed E-state index contributed by atoms with van der Waals surface area (Å²) < 4.78 is 10.1. The van der Waals surface area contributed by atoms with Crippen LogP contribution >= 0.6 is 11.6 Å². The minimum atomic E-state index is -0.503. The van der Waals surface area contributed by atoms with Crippen LogP contribution in [0, 0.1) is 0 Å². The van der Waals surface area contributed by atoms with Crippen LogP contribution in [-0.4, -0.2) is 47.6 Å². The fourth-order valence-corrected chi connectivity index (χ4v) is 3.84. The number of H-pyrrole nitrogens is 1. The van der Waals surface area contributed by atoms with E-state index < -0.39 is 5.97 Å². The zero-order valence-electron chi connectivity index (χ0n) is 17.0. The van der Waals surface area contributed by atoms with Crippen molar-refractivity contribution in [2.75, 3.05) is 26.1 Å². The van der Waals surface area contributed by atoms with Gasteiger partial charge in [0, 0.05) is 23.7 Å². The monoisotopic (exact) mass is 440 g/mol. The molecule has 0 spiro atoms. The average Bonchev–Trinajstić information content (AvgIpc) is 3.27. The maximum Gasteiger partial charge on any atom is 0.337 e. The Labute approximate surface area is 184 Å². The Balaban J connectivity index is 1.67. The van der Waals surface area contributed by atoms with Crippen LogP contribution in [0.3, 0.4) is 0 Å². The van der Waals surface area contributed by atoms with Crippen molar-refractivity contribution >= 4 is 29.3 Å². The van der Waals surface area contributed by atoms with Crippen LogP contribution in [-0.2, 0) is 11.2 Å². The lowest BCUT2D eigenvalue weighted by Gasteiger charge is -2.35. The molecule has 0 unspecified atom stereocenters. The van der Waals surface area contributed by atoms with E-state index in [0.29, 0.717) is 35.0 Å². The molecule has 9 heteroatoms. The van der Waals surface area contributed by atoms with Crippen molar-refractivity contribution in [1.29, 1.82) is 0 Å². The first kappa shape index (κ1) is 20.7. The number of methoxy groups -OCH3 is 2. The number of amides is 2. The van der Waals surface area contributed by atoms with E-state index >= 15 is 0 Å². The van der Waals surface area contributed by atoms with E-state index in [4.69, 9.17) is 21.1 Å². The van der Waals surface area contributed by atoms with Crippen molar-refractivity contribution in [3.8, 4) is 5.75 Å². The fraction of sp³-hybridized carbons (Fsp3) is 0.227. The van der Waals surface area contributed by atoms with Crippen molar-refractivity contribution in [3.05, 3.63) is 76.3 Å². The normalized spacial score (nSPS) is 15.2. The van der Waals surface area contributed by atoms with Crippen molar-refractivity contribution in [2.45, 2.75) is 12.5 Å². The Hall–Kier alpha value is -3.52. The van der Waals surface area contributed by atoms with Gasteiger partial charge in [0.15, 0.2) is 0 Å². The number of esters is 1. The van der Waals surface area contributed by atoms with Crippen LogP contribution in [0.1, 0.15) is 33.4 Å². The van der Waals surface area contributed by atoms with E-state index in [1.807, 2.05) is 12.1 Å². The van der Waals surface area contributed by atoms with Gasteiger partial charge in [-0.1, -0.05) is 23.7 Å². The molecule has 1 aromatic heterocycles. The topological polar surface area (TPSA) is 96.5 Å². The van der Waals surface area contributed by atoms with Crippen molar-refractivity contribution in [1.82, 2.24) is 14.9 Å². The number of hydrogen-bond acceptors (Lipinski definition) is 5. The summed E-state index contributed by atoms with van der Waals surface area (Å²) in [6.07, 6.45) is 2.28. The van der Waals surface area contributed by atoms with Crippen molar-refractivity contribution in [3.63, 3.8) is 0 Å². The molecule has 4 rings (SSSR count). The second kappa shape index (κ2) is 8.69. The summed E-state index contributed by atoms with van der Waals surface area (Å²) in [6.45, 7) is 0.479. The lowest BCUT2D eigenvalue weighted by molar-refractivity contribution is 0.0600. The van der Waals surface area contributed by atoms with Gasteiger partial charge < -0.3 is 24.7 Å². The molecule has 2 N–H and O–H groups in total. The van der Waals surface area contributed by atoms with Gasteiger partial charge in [-0.15, -0.1) is 0 Å². The molecule has 0 fully saturated rings. The number of ether oxygens (including phenoxy) is 2. The van der Waals surface area contributed by atoms with E-state index in [0.717, 1.165) is 17.0 Å². The molecule has 3 aromatic rings. The standard InChI is InChI=1S/C22H21ClN4O4/c1-30-18-8-5-14(21(28)31-2)11-17(18)26-22(29)27-10-9-16-19(25-12-24-16)20(27)13-3-6-15(23)7-4-13/h3-8,11-12,20H,9-10H2,1-2H3,(H,24,25)(H,26,29)/t20-/m0/s1. The highest BCUT2D eigenvalue weighted by Gasteiger charge is 2.34. The predicted octanol–water partition coefficient (Wildman–Crippen LogP) is 4.04. The van der Waals surface area contributed by atoms with Crippen LogP contribution in [0.25, 0.3) is 0 Å². The molecular formula is C22H21ClN4O4. The molecule has 0 aliphatic carbocycles. The Bertz CT molecular complexity index is 1110. The van der Waals surface area contributed by atoms with Crippen LogP contribution in [0.15, 0.2) is 48.8 Å². The summed E-state index contributed by atoms with van der Waals surface area (Å²) in [5, 5.41) is 3.49. The summed E-state index contributed by atoms with van der Waals surface area (Å²) >= 11 is 6.06. The number of urea groups is 1. The number of rotatable bonds is 4. The number of nitrogens with one attached hydrogen (secondary N) is 2. The Morgan fingerprint density at radius 1 is 1.19 bits per heavy atom. The number of nitrogens with zero attached hydrogens (tertiary/aromatic N) is 2. The molecule has 0 radical (unpaired) electrons. The van der Waals surface area contributed by atoms with Gasteiger partial charge in [-0.25, -0.2) is 14.6 Å². The van der Waals surface area contributed by atoms with E-state index in [1.54, 1.807) is 35.5 Å². The molecule has 0 bridgehead atoms. The van der Waals surface area contributed by atoms with Gasteiger partial charge in [-0.3, -0.25) is 0 Å². The SMILES string of the molecule is COC(=O)c1ccc(OC)c(NC(=O)N2CCc3[nH]cnc3[C@@H]2c2ccc(Cl)cc2)c1. The number of halogens is 1. The number of aromatic nitrogens is 2. The minimum absolute atomic E-state index is 0.307. The fourth-order valence-electron chi connectivity index (χ4n) is 3.72. The third-order valence-electron chi connectivity index (χ3n) is 5.23. The summed E-state index contributed by atoms with van der Waals surface area (Å²) in [6, 6.07) is 11.3. The third-order valence-corrected chi connectivity index (χ3v) is 5.49. The molecule has 2 amide bonds. The quantitative estimate of drug-likeness (QED) is 0.597. The predicted molar refractivity (Wildman–Crippen MR) is 116 cm³/mol. The van der Waals surface area contributed by atoms with Gasteiger partial charge in [0.1, 0.15) is 11.8 Å². The molecule has 0 saturated heterocycles. The van der Waals surface area contributed by atoms with E-state index in [2.05, 4.69) is 15.3 Å². The van der Waals surface area contributed by atoms with Gasteiger partial charge in [0.2, 0.25) is 0 Å². The van der Waals surface area contributed by atoms with Crippen molar-refractivity contribution < 1.29 is 19.1 Å². The number of aromatic amines is 1. The number of carbonyl (C=O) groups excluding carboxylic acids is 2. The summed E-state index contributed by atoms with van der Waals surface area (Å²) in [4.78, 5) is 34.6. The van der Waals surface area contributed by atoms with Gasteiger partial charge >= 0.3 is 12.0 Å². The van der Waals surface area contributed by atoms with Crippen LogP contribution in [0.2, 0.25) is 5.02 Å². The van der Waals surface area contributed by atoms with Crippen LogP contribution in [0.5, 0.6) is 5.75 Å². The molecule has 2 aromatic carbocycles. The molecular weight excluding hydrogens is 420 g/mol. The highest BCUT2D eigenvalue weighted by Crippen LogP contribution is 2.35. The highest BCUT2D eigenvalue weighted by atomic mass is 35.5. The summed E-state index contributed by atoms with van der Waals surface area (Å²) in [7, 11) is 2.80. The van der Waals surface area contributed by atoms with Crippen molar-refractivity contribution in [2.24, 2.45) is 0 Å². The maximum absolute atomic E-state index is 13.3. The number of hydrogen-bond donors (Lipinski definition) is 2. The molecule has 0 saturated carbocycles. The lowest BCUT2D eigenvalue weighted by atomic mass is 9.96. The number of imidazole rings is 1. The smallest absolute Gasteiger partial charge is 0.337 e. The Kier molecular flexibility index (Phi) is 5.81. The van der Waals surface area contributed by atoms with Gasteiger partial charge in [0.25, 0.3) is 0 Å². The Morgan fingerprint density at radius 2 is 1.97 bits per heavy atom. The number of carbonyl (C=O) groups is 2. The third kappa shape index (κ3) is 4.06. The van der Waals surface area contributed by atoms with E-state index in [-0.39, 0.29) is 12.1 Å². The highest BCUT2D eigenvalue weighted by molar-refractivity contribution is 6.30. The van der Waals surface area contributed by atoms with Crippen LogP contribution < -0.4 is 10.1 Å². The van der Waals surface area contributed by atoms with Gasteiger partial charge in [0.05, 0.1) is 37.5 Å². The molecule has 160 valence electrons. The second-order valence-electron chi connectivity index (χ2n) is 7.00.